The zero-order valence-electron chi connectivity index (χ0n) is 25.0. The van der Waals surface area contributed by atoms with E-state index in [-0.39, 0.29) is 5.78 Å². The molecule has 0 amide bonds. The maximum absolute atomic E-state index is 13.4. The van der Waals surface area contributed by atoms with E-state index >= 15 is 0 Å². The Balaban J connectivity index is 1.73. The molecule has 3 atom stereocenters. The van der Waals surface area contributed by atoms with Crippen LogP contribution in [-0.2, 0) is 14.8 Å². The molecule has 41 heavy (non-hydrogen) atoms. The average molecular weight is 651 g/mol. The van der Waals surface area contributed by atoms with Crippen molar-refractivity contribution in [3.05, 3.63) is 33.4 Å². The van der Waals surface area contributed by atoms with Gasteiger partial charge in [-0.2, -0.15) is 5.26 Å². The van der Waals surface area contributed by atoms with E-state index in [0.29, 0.717) is 53.6 Å². The molecule has 3 rings (SSSR count). The van der Waals surface area contributed by atoms with Gasteiger partial charge in [-0.05, 0) is 92.9 Å². The van der Waals surface area contributed by atoms with Crippen LogP contribution < -0.4 is 14.2 Å². The van der Waals surface area contributed by atoms with Crippen molar-refractivity contribution in [1.82, 2.24) is 4.72 Å². The van der Waals surface area contributed by atoms with Crippen molar-refractivity contribution in [2.75, 3.05) is 19.8 Å². The molecule has 0 saturated carbocycles. The van der Waals surface area contributed by atoms with Gasteiger partial charge in [0.05, 0.1) is 34.9 Å². The molecular formula is C31H44BrN3O5S. The summed E-state index contributed by atoms with van der Waals surface area (Å²) in [5.74, 6) is 0.637. The third kappa shape index (κ3) is 8.42. The number of Topliss-reactive ketones (excluding diaryl/α,β-unsaturated/α-hetero) is 1. The number of halogens is 1. The number of hydrogen-bond donors (Lipinski definition) is 1. The molecule has 0 aromatic heterocycles. The lowest BCUT2D eigenvalue weighted by atomic mass is 9.70. The number of sulfonamides is 1. The van der Waals surface area contributed by atoms with E-state index < -0.39 is 27.1 Å². The molecule has 1 heterocycles. The number of ether oxygens (including phenoxy) is 2. The largest absolute Gasteiger partial charge is 0.490 e. The molecule has 1 aromatic carbocycles. The van der Waals surface area contributed by atoms with E-state index in [9.17, 15) is 18.5 Å². The van der Waals surface area contributed by atoms with Crippen LogP contribution in [0.2, 0.25) is 0 Å². The summed E-state index contributed by atoms with van der Waals surface area (Å²) in [6.45, 7) is 10.6. The van der Waals surface area contributed by atoms with E-state index in [0.717, 1.165) is 61.9 Å². The molecule has 0 radical (unpaired) electrons. The minimum atomic E-state index is -3.22. The van der Waals surface area contributed by atoms with Crippen LogP contribution in [0.15, 0.2) is 32.9 Å². The Morgan fingerprint density at radius 1 is 1.15 bits per heavy atom. The first-order valence-corrected chi connectivity index (χ1v) is 17.2. The monoisotopic (exact) mass is 649 g/mol. The highest BCUT2D eigenvalue weighted by molar-refractivity contribution is 9.10. The number of ketones is 1. The summed E-state index contributed by atoms with van der Waals surface area (Å²) in [4.78, 5) is 18.2. The number of unbranched alkanes of at least 4 members (excludes halogenated alkanes) is 3. The molecular weight excluding hydrogens is 606 g/mol. The average Bonchev–Trinajstić information content (AvgIpc) is 2.90. The van der Waals surface area contributed by atoms with E-state index in [2.05, 4.69) is 33.6 Å². The van der Waals surface area contributed by atoms with Crippen molar-refractivity contribution in [2.45, 2.75) is 97.2 Å². The summed E-state index contributed by atoms with van der Waals surface area (Å²) in [7, 11) is -3.22. The van der Waals surface area contributed by atoms with Crippen LogP contribution in [0.25, 0.3) is 0 Å². The van der Waals surface area contributed by atoms with E-state index in [4.69, 9.17) is 14.5 Å². The normalized spacial score (nSPS) is 21.0. The molecule has 10 heteroatoms. The van der Waals surface area contributed by atoms with Gasteiger partial charge in [0.25, 0.3) is 0 Å². The number of allylic oxidation sites excluding steroid dienone is 2. The fraction of sp³-hybridized carbons (Fsp3) is 0.645. The first-order valence-electron chi connectivity index (χ1n) is 14.8. The van der Waals surface area contributed by atoms with Crippen LogP contribution in [0.5, 0.6) is 11.5 Å². The zero-order valence-corrected chi connectivity index (χ0v) is 27.4. The van der Waals surface area contributed by atoms with Crippen LogP contribution >= 0.6 is 15.9 Å². The van der Waals surface area contributed by atoms with Crippen molar-refractivity contribution in [3.8, 4) is 17.6 Å². The van der Waals surface area contributed by atoms with Gasteiger partial charge in [0, 0.05) is 35.9 Å². The van der Waals surface area contributed by atoms with E-state index in [1.54, 1.807) is 13.8 Å². The Morgan fingerprint density at radius 3 is 2.54 bits per heavy atom. The number of rotatable bonds is 15. The summed E-state index contributed by atoms with van der Waals surface area (Å²) in [5.41, 5.74) is 3.09. The number of carbonyl (C=O) groups is 1. The predicted octanol–water partition coefficient (Wildman–Crippen LogP) is 6.85. The number of carbonyl (C=O) groups excluding carboxylic acids is 1. The van der Waals surface area contributed by atoms with Gasteiger partial charge in [-0.3, -0.25) is 9.79 Å². The van der Waals surface area contributed by atoms with Gasteiger partial charge in [-0.25, -0.2) is 13.1 Å². The number of nitrogens with zero attached hydrogens (tertiary/aromatic N) is 2. The summed E-state index contributed by atoms with van der Waals surface area (Å²) < 4.78 is 39.2. The first kappa shape index (κ1) is 33.3. The lowest BCUT2D eigenvalue weighted by Crippen LogP contribution is -2.32. The van der Waals surface area contributed by atoms with Crippen molar-refractivity contribution < 1.29 is 22.7 Å². The van der Waals surface area contributed by atoms with Crippen LogP contribution in [-0.4, -0.2) is 44.9 Å². The second-order valence-corrected chi connectivity index (χ2v) is 14.4. The second kappa shape index (κ2) is 15.3. The molecule has 0 fully saturated rings. The van der Waals surface area contributed by atoms with Crippen molar-refractivity contribution in [2.24, 2.45) is 16.8 Å². The maximum atomic E-state index is 13.4. The molecule has 8 nitrogen and oxygen atoms in total. The molecule has 2 aliphatic rings. The van der Waals surface area contributed by atoms with Crippen molar-refractivity contribution in [3.63, 3.8) is 0 Å². The van der Waals surface area contributed by atoms with Crippen molar-refractivity contribution in [1.29, 1.82) is 5.26 Å². The number of hydrogen-bond acceptors (Lipinski definition) is 7. The summed E-state index contributed by atoms with van der Waals surface area (Å²) in [6, 6.07) is 6.27. The third-order valence-corrected chi connectivity index (χ3v) is 10.2. The van der Waals surface area contributed by atoms with Crippen LogP contribution in [0.1, 0.15) is 97.5 Å². The standard InChI is InChI=1S/C31H44BrN3O5S/c1-6-12-22-15-26-30(27(36)16-22)29(24(19-33)21(5)35-26)23-17-25(32)31(28(18-23)39-7-2)40-14-11-9-8-10-13-34-41(37,38)20(3)4/h17-18,20,22,24,29,34H,6-16H2,1-5H3. The third-order valence-electron chi connectivity index (χ3n) is 7.74. The van der Waals surface area contributed by atoms with Gasteiger partial charge < -0.3 is 9.47 Å². The van der Waals surface area contributed by atoms with Crippen LogP contribution in [0.3, 0.4) is 0 Å². The lowest BCUT2D eigenvalue weighted by Gasteiger charge is -2.35. The Hall–Kier alpha value is -2.22. The van der Waals surface area contributed by atoms with Gasteiger partial charge in [0.1, 0.15) is 0 Å². The van der Waals surface area contributed by atoms with Crippen molar-refractivity contribution >= 4 is 37.4 Å². The molecule has 0 spiro atoms. The second-order valence-electron chi connectivity index (χ2n) is 11.2. The van der Waals surface area contributed by atoms with Gasteiger partial charge in [-0.1, -0.05) is 26.2 Å². The number of aliphatic imine (C=N–C) groups is 1. The first-order chi connectivity index (χ1) is 19.5. The van der Waals surface area contributed by atoms with Crippen LogP contribution in [0.4, 0.5) is 0 Å². The Labute approximate surface area is 254 Å². The highest BCUT2D eigenvalue weighted by Crippen LogP contribution is 2.48. The smallest absolute Gasteiger partial charge is 0.213 e. The quantitative estimate of drug-likeness (QED) is 0.208. The lowest BCUT2D eigenvalue weighted by molar-refractivity contribution is -0.117. The Bertz CT molecular complexity index is 1300. The molecule has 0 saturated heterocycles. The van der Waals surface area contributed by atoms with Gasteiger partial charge in [0.15, 0.2) is 17.3 Å². The minimum absolute atomic E-state index is 0.0950. The zero-order chi connectivity index (χ0) is 30.2. The summed E-state index contributed by atoms with van der Waals surface area (Å²) in [5, 5.41) is 9.69. The van der Waals surface area contributed by atoms with Gasteiger partial charge in [0.2, 0.25) is 10.0 Å². The molecule has 1 N–H and O–H groups in total. The Kier molecular flexibility index (Phi) is 12.4. The SMILES string of the molecule is CCCC1CC(=O)C2=C(C1)N=C(C)C(C#N)C2c1cc(Br)c(OCCCCCCNS(=O)(=O)C(C)C)c(OCC)c1. The summed E-state index contributed by atoms with van der Waals surface area (Å²) >= 11 is 3.67. The fourth-order valence-electron chi connectivity index (χ4n) is 5.58. The Morgan fingerprint density at radius 2 is 1.88 bits per heavy atom. The van der Waals surface area contributed by atoms with E-state index in [1.807, 2.05) is 26.0 Å². The van der Waals surface area contributed by atoms with Gasteiger partial charge in [-0.15, -0.1) is 0 Å². The molecule has 0 bridgehead atoms. The molecule has 226 valence electrons. The summed E-state index contributed by atoms with van der Waals surface area (Å²) in [6.07, 6.45) is 6.68. The highest BCUT2D eigenvalue weighted by Gasteiger charge is 2.41. The van der Waals surface area contributed by atoms with E-state index in [1.165, 1.54) is 0 Å². The predicted molar refractivity (Wildman–Crippen MR) is 166 cm³/mol. The minimum Gasteiger partial charge on any atom is -0.490 e. The number of benzene rings is 1. The molecule has 1 aromatic rings. The highest BCUT2D eigenvalue weighted by atomic mass is 79.9. The topological polar surface area (TPSA) is 118 Å². The maximum Gasteiger partial charge on any atom is 0.213 e. The number of nitriles is 1. The molecule has 1 aliphatic heterocycles. The van der Waals surface area contributed by atoms with Crippen LogP contribution in [0, 0.1) is 23.2 Å². The molecule has 3 unspecified atom stereocenters. The van der Waals surface area contributed by atoms with Gasteiger partial charge >= 0.3 is 0 Å². The molecule has 1 aliphatic carbocycles. The fourth-order valence-corrected chi connectivity index (χ4v) is 6.92. The number of nitrogens with one attached hydrogen (secondary N) is 1.